The number of guanidine groups is 1. The Morgan fingerprint density at radius 2 is 2.19 bits per heavy atom. The van der Waals surface area contributed by atoms with Crippen molar-refractivity contribution in [2.45, 2.75) is 39.8 Å². The fourth-order valence-corrected chi connectivity index (χ4v) is 1.64. The van der Waals surface area contributed by atoms with Gasteiger partial charge in [0.15, 0.2) is 5.96 Å². The van der Waals surface area contributed by atoms with E-state index in [-0.39, 0.29) is 11.9 Å². The summed E-state index contributed by atoms with van der Waals surface area (Å²) < 4.78 is 1.68. The van der Waals surface area contributed by atoms with Crippen LogP contribution >= 0.6 is 0 Å². The van der Waals surface area contributed by atoms with E-state index < -0.39 is 0 Å². The van der Waals surface area contributed by atoms with Crippen molar-refractivity contribution in [1.82, 2.24) is 30.7 Å². The lowest BCUT2D eigenvalue weighted by Crippen LogP contribution is -2.40. The summed E-state index contributed by atoms with van der Waals surface area (Å²) in [6, 6.07) is 0.162. The highest BCUT2D eigenvalue weighted by Crippen LogP contribution is 1.93. The molecule has 0 unspecified atom stereocenters. The maximum absolute atomic E-state index is 11.5. The molecule has 8 nitrogen and oxygen atoms in total. The number of carbonyl (C=O) groups is 1. The molecule has 0 saturated carbocycles. The minimum Gasteiger partial charge on any atom is -0.357 e. The van der Waals surface area contributed by atoms with Gasteiger partial charge in [-0.2, -0.15) is 5.10 Å². The van der Waals surface area contributed by atoms with E-state index in [0.717, 1.165) is 12.4 Å². The molecule has 0 aliphatic heterocycles. The van der Waals surface area contributed by atoms with Crippen molar-refractivity contribution < 1.29 is 4.79 Å². The second-order valence-electron chi connectivity index (χ2n) is 4.89. The molecular formula is C13H25N7O. The van der Waals surface area contributed by atoms with E-state index in [2.05, 4.69) is 31.0 Å². The Hall–Kier alpha value is -2.12. The van der Waals surface area contributed by atoms with Crippen LogP contribution in [0.25, 0.3) is 0 Å². The molecule has 1 heterocycles. The van der Waals surface area contributed by atoms with E-state index in [0.29, 0.717) is 25.5 Å². The lowest BCUT2D eigenvalue weighted by Gasteiger charge is -2.12. The van der Waals surface area contributed by atoms with Crippen LogP contribution in [-0.2, 0) is 18.4 Å². The van der Waals surface area contributed by atoms with Gasteiger partial charge in [-0.15, -0.1) is 0 Å². The Morgan fingerprint density at radius 1 is 1.43 bits per heavy atom. The second-order valence-corrected chi connectivity index (χ2v) is 4.89. The Kier molecular flexibility index (Phi) is 7.20. The highest BCUT2D eigenvalue weighted by molar-refractivity contribution is 5.81. The molecule has 118 valence electrons. The largest absolute Gasteiger partial charge is 0.357 e. The first-order valence-corrected chi connectivity index (χ1v) is 7.17. The summed E-state index contributed by atoms with van der Waals surface area (Å²) in [5.74, 6) is 1.48. The number of aromatic nitrogens is 3. The minimum atomic E-state index is 0.0293. The average molecular weight is 295 g/mol. The topological polar surface area (TPSA) is 96.2 Å². The van der Waals surface area contributed by atoms with E-state index >= 15 is 0 Å². The van der Waals surface area contributed by atoms with Gasteiger partial charge >= 0.3 is 0 Å². The van der Waals surface area contributed by atoms with Crippen molar-refractivity contribution in [3.8, 4) is 0 Å². The molecule has 1 rings (SSSR count). The van der Waals surface area contributed by atoms with E-state index in [1.807, 2.05) is 27.8 Å². The number of rotatable bonds is 7. The van der Waals surface area contributed by atoms with Crippen LogP contribution in [0, 0.1) is 0 Å². The van der Waals surface area contributed by atoms with Crippen molar-refractivity contribution in [1.29, 1.82) is 0 Å². The van der Waals surface area contributed by atoms with Crippen LogP contribution in [0.15, 0.2) is 11.3 Å². The number of hydrogen-bond acceptors (Lipinski definition) is 4. The smallest absolute Gasteiger partial charge is 0.221 e. The highest BCUT2D eigenvalue weighted by Gasteiger charge is 2.04. The summed E-state index contributed by atoms with van der Waals surface area (Å²) in [6.07, 6.45) is 1.91. The maximum Gasteiger partial charge on any atom is 0.221 e. The molecule has 0 aliphatic carbocycles. The van der Waals surface area contributed by atoms with E-state index in [9.17, 15) is 4.79 Å². The quantitative estimate of drug-likeness (QED) is 0.477. The van der Waals surface area contributed by atoms with Gasteiger partial charge in [0.05, 0.1) is 0 Å². The van der Waals surface area contributed by atoms with Crippen molar-refractivity contribution >= 4 is 11.9 Å². The van der Waals surface area contributed by atoms with Gasteiger partial charge in [0.1, 0.15) is 18.7 Å². The predicted octanol–water partition coefficient (Wildman–Crippen LogP) is -0.215. The number of nitrogens with zero attached hydrogens (tertiary/aromatic N) is 4. The van der Waals surface area contributed by atoms with Crippen LogP contribution in [0.5, 0.6) is 0 Å². The molecule has 1 aromatic rings. The molecule has 21 heavy (non-hydrogen) atoms. The van der Waals surface area contributed by atoms with Gasteiger partial charge in [0.25, 0.3) is 0 Å². The zero-order valence-electron chi connectivity index (χ0n) is 13.2. The van der Waals surface area contributed by atoms with Gasteiger partial charge in [-0.1, -0.05) is 0 Å². The fourth-order valence-electron chi connectivity index (χ4n) is 1.64. The molecule has 3 N–H and O–H groups in total. The lowest BCUT2D eigenvalue weighted by molar-refractivity contribution is -0.121. The van der Waals surface area contributed by atoms with Crippen molar-refractivity contribution in [2.24, 2.45) is 12.0 Å². The lowest BCUT2D eigenvalue weighted by atomic mass is 10.3. The number of aryl methyl sites for hydroxylation is 1. The third-order valence-corrected chi connectivity index (χ3v) is 2.62. The molecule has 0 atom stereocenters. The van der Waals surface area contributed by atoms with Gasteiger partial charge < -0.3 is 16.0 Å². The highest BCUT2D eigenvalue weighted by atomic mass is 16.1. The Morgan fingerprint density at radius 3 is 2.76 bits per heavy atom. The van der Waals surface area contributed by atoms with E-state index in [1.54, 1.807) is 4.68 Å². The molecule has 1 amide bonds. The first-order valence-electron chi connectivity index (χ1n) is 7.17. The Labute approximate surface area is 125 Å². The van der Waals surface area contributed by atoms with Crippen molar-refractivity contribution in [2.75, 3.05) is 13.1 Å². The van der Waals surface area contributed by atoms with Crippen molar-refractivity contribution in [3.05, 3.63) is 12.2 Å². The van der Waals surface area contributed by atoms with Gasteiger partial charge in [-0.25, -0.2) is 9.98 Å². The SMILES string of the molecule is CCNC(=NCc1ncnn1C)NCCC(=O)NC(C)C. The summed E-state index contributed by atoms with van der Waals surface area (Å²) in [7, 11) is 1.83. The van der Waals surface area contributed by atoms with Crippen LogP contribution in [0.1, 0.15) is 33.0 Å². The van der Waals surface area contributed by atoms with Crippen LogP contribution in [-0.4, -0.2) is 45.8 Å². The fraction of sp³-hybridized carbons (Fsp3) is 0.692. The van der Waals surface area contributed by atoms with Crippen LogP contribution in [0.2, 0.25) is 0 Å². The molecule has 0 aromatic carbocycles. The molecule has 1 aromatic heterocycles. The Balaban J connectivity index is 2.42. The number of amides is 1. The normalized spacial score (nSPS) is 11.6. The molecule has 0 spiro atoms. The second kappa shape index (κ2) is 8.93. The van der Waals surface area contributed by atoms with E-state index in [4.69, 9.17) is 0 Å². The number of carbonyl (C=O) groups excluding carboxylic acids is 1. The molecule has 0 aliphatic rings. The third kappa shape index (κ3) is 6.73. The molecule has 0 bridgehead atoms. The van der Waals surface area contributed by atoms with Gasteiger partial charge in [-0.3, -0.25) is 9.48 Å². The maximum atomic E-state index is 11.5. The molecule has 0 saturated heterocycles. The zero-order chi connectivity index (χ0) is 15.7. The summed E-state index contributed by atoms with van der Waals surface area (Å²) in [5, 5.41) is 13.1. The predicted molar refractivity (Wildman–Crippen MR) is 81.7 cm³/mol. The minimum absolute atomic E-state index is 0.0293. The van der Waals surface area contributed by atoms with Crippen LogP contribution < -0.4 is 16.0 Å². The monoisotopic (exact) mass is 295 g/mol. The summed E-state index contributed by atoms with van der Waals surface area (Å²) in [4.78, 5) is 20.1. The standard InChI is InChI=1S/C13H25N7O/c1-5-14-13(15-7-6-12(21)19-10(2)3)16-8-11-17-9-18-20(11)4/h9-10H,5-8H2,1-4H3,(H,19,21)(H2,14,15,16). The summed E-state index contributed by atoms with van der Waals surface area (Å²) >= 11 is 0. The number of hydrogen-bond donors (Lipinski definition) is 3. The molecular weight excluding hydrogens is 270 g/mol. The van der Waals surface area contributed by atoms with E-state index in [1.165, 1.54) is 6.33 Å². The zero-order valence-corrected chi connectivity index (χ0v) is 13.2. The van der Waals surface area contributed by atoms with Gasteiger partial charge in [0, 0.05) is 32.6 Å². The summed E-state index contributed by atoms with van der Waals surface area (Å²) in [5.41, 5.74) is 0. The van der Waals surface area contributed by atoms with Gasteiger partial charge in [-0.05, 0) is 20.8 Å². The molecule has 0 radical (unpaired) electrons. The third-order valence-electron chi connectivity index (χ3n) is 2.62. The first kappa shape index (κ1) is 16.9. The molecule has 8 heteroatoms. The summed E-state index contributed by atoms with van der Waals surface area (Å²) in [6.45, 7) is 7.59. The average Bonchev–Trinajstić information content (AvgIpc) is 2.80. The first-order chi connectivity index (χ1) is 10.0. The van der Waals surface area contributed by atoms with Crippen molar-refractivity contribution in [3.63, 3.8) is 0 Å². The van der Waals surface area contributed by atoms with Gasteiger partial charge in [0.2, 0.25) is 5.91 Å². The Bertz CT molecular complexity index is 467. The van der Waals surface area contributed by atoms with Crippen LogP contribution in [0.3, 0.4) is 0 Å². The van der Waals surface area contributed by atoms with Crippen LogP contribution in [0.4, 0.5) is 0 Å². The number of aliphatic imine (C=N–C) groups is 1. The number of nitrogens with one attached hydrogen (secondary N) is 3. The molecule has 0 fully saturated rings.